The Bertz CT molecular complexity index is 335. The molecular formula is C13H20N2O. The summed E-state index contributed by atoms with van der Waals surface area (Å²) in [5.41, 5.74) is 1.21. The fourth-order valence-electron chi connectivity index (χ4n) is 2.96. The van der Waals surface area contributed by atoms with Gasteiger partial charge in [0.1, 0.15) is 6.26 Å². The minimum absolute atomic E-state index is 0.504. The molecule has 3 nitrogen and oxygen atoms in total. The van der Waals surface area contributed by atoms with Gasteiger partial charge in [-0.3, -0.25) is 0 Å². The van der Waals surface area contributed by atoms with E-state index in [4.69, 9.17) is 9.40 Å². The molecular weight excluding hydrogens is 200 g/mol. The van der Waals surface area contributed by atoms with E-state index in [0.29, 0.717) is 11.8 Å². The van der Waals surface area contributed by atoms with Gasteiger partial charge in [0.15, 0.2) is 5.89 Å². The molecule has 0 aromatic carbocycles. The van der Waals surface area contributed by atoms with Gasteiger partial charge in [-0.25, -0.2) is 4.98 Å². The van der Waals surface area contributed by atoms with Crippen LogP contribution in [0, 0.1) is 0 Å². The highest BCUT2D eigenvalue weighted by molar-refractivity contribution is 5.08. The lowest BCUT2D eigenvalue weighted by Gasteiger charge is -2.19. The molecule has 0 bridgehead atoms. The second-order valence-electron chi connectivity index (χ2n) is 5.14. The summed E-state index contributed by atoms with van der Waals surface area (Å²) in [6.07, 6.45) is 9.68. The van der Waals surface area contributed by atoms with Crippen LogP contribution in [0.3, 0.4) is 0 Å². The van der Waals surface area contributed by atoms with Gasteiger partial charge in [0.25, 0.3) is 0 Å². The Morgan fingerprint density at radius 1 is 1.12 bits per heavy atom. The maximum absolute atomic E-state index is 5.67. The van der Waals surface area contributed by atoms with Crippen molar-refractivity contribution in [3.05, 3.63) is 17.8 Å². The molecule has 1 aliphatic carbocycles. The minimum atomic E-state index is 0.504. The van der Waals surface area contributed by atoms with E-state index in [2.05, 4.69) is 5.32 Å². The summed E-state index contributed by atoms with van der Waals surface area (Å²) in [5, 5.41) is 3.41. The highest BCUT2D eigenvalue weighted by atomic mass is 16.3. The minimum Gasteiger partial charge on any atom is -0.448 e. The third-order valence-electron chi connectivity index (χ3n) is 3.96. The first-order valence-electron chi connectivity index (χ1n) is 6.59. The Hall–Kier alpha value is -0.830. The molecule has 0 radical (unpaired) electrons. The summed E-state index contributed by atoms with van der Waals surface area (Å²) >= 11 is 0. The molecule has 1 aliphatic heterocycles. The number of nitrogens with zero attached hydrogens (tertiary/aromatic N) is 1. The van der Waals surface area contributed by atoms with Crippen LogP contribution in [0.15, 0.2) is 10.7 Å². The van der Waals surface area contributed by atoms with Crippen molar-refractivity contribution >= 4 is 0 Å². The summed E-state index contributed by atoms with van der Waals surface area (Å²) in [7, 11) is 0. The topological polar surface area (TPSA) is 38.1 Å². The summed E-state index contributed by atoms with van der Waals surface area (Å²) in [6.45, 7) is 2.18. The first kappa shape index (κ1) is 10.3. The maximum Gasteiger partial charge on any atom is 0.198 e. The molecule has 0 spiro atoms. The summed E-state index contributed by atoms with van der Waals surface area (Å²) in [5.74, 6) is 2.15. The van der Waals surface area contributed by atoms with Crippen molar-refractivity contribution in [1.29, 1.82) is 0 Å². The average molecular weight is 220 g/mol. The largest absolute Gasteiger partial charge is 0.448 e. The van der Waals surface area contributed by atoms with E-state index in [0.717, 1.165) is 19.0 Å². The lowest BCUT2D eigenvalue weighted by atomic mass is 9.99. The van der Waals surface area contributed by atoms with Gasteiger partial charge in [0.2, 0.25) is 0 Å². The fraction of sp³-hybridized carbons (Fsp3) is 0.769. The first-order chi connectivity index (χ1) is 7.93. The van der Waals surface area contributed by atoms with Crippen LogP contribution in [0.25, 0.3) is 0 Å². The van der Waals surface area contributed by atoms with Crippen LogP contribution in [0.2, 0.25) is 0 Å². The van der Waals surface area contributed by atoms with E-state index in [1.807, 2.05) is 6.26 Å². The molecule has 1 saturated heterocycles. The molecule has 1 aromatic rings. The number of piperidine rings is 1. The second kappa shape index (κ2) is 4.58. The number of rotatable bonds is 2. The zero-order chi connectivity index (χ0) is 10.8. The fourth-order valence-corrected chi connectivity index (χ4v) is 2.96. The van der Waals surface area contributed by atoms with Crippen molar-refractivity contribution in [3.63, 3.8) is 0 Å². The molecule has 2 fully saturated rings. The molecule has 88 valence electrons. The molecule has 3 heteroatoms. The van der Waals surface area contributed by atoms with Crippen molar-refractivity contribution in [3.8, 4) is 0 Å². The molecule has 3 rings (SSSR count). The summed E-state index contributed by atoms with van der Waals surface area (Å²) < 4.78 is 5.67. The van der Waals surface area contributed by atoms with Gasteiger partial charge in [-0.15, -0.1) is 0 Å². The Kier molecular flexibility index (Phi) is 2.96. The van der Waals surface area contributed by atoms with Crippen LogP contribution in [-0.4, -0.2) is 18.1 Å². The van der Waals surface area contributed by atoms with Crippen molar-refractivity contribution in [2.75, 3.05) is 13.1 Å². The molecule has 0 amide bonds. The van der Waals surface area contributed by atoms with Crippen LogP contribution >= 0.6 is 0 Å². The maximum atomic E-state index is 5.67. The average Bonchev–Trinajstić information content (AvgIpc) is 3.01. The molecule has 1 N–H and O–H groups in total. The number of oxazole rings is 1. The molecule has 2 heterocycles. The van der Waals surface area contributed by atoms with Gasteiger partial charge in [0.05, 0.1) is 5.69 Å². The Balaban J connectivity index is 1.71. The lowest BCUT2D eigenvalue weighted by Crippen LogP contribution is -2.28. The predicted molar refractivity (Wildman–Crippen MR) is 62.6 cm³/mol. The van der Waals surface area contributed by atoms with Crippen LogP contribution in [0.5, 0.6) is 0 Å². The monoisotopic (exact) mass is 220 g/mol. The molecule has 1 unspecified atom stereocenters. The Labute approximate surface area is 96.6 Å². The van der Waals surface area contributed by atoms with Crippen LogP contribution in [-0.2, 0) is 0 Å². The number of nitrogens with one attached hydrogen (secondary N) is 1. The SMILES string of the molecule is c1oc(C2CCCNC2)nc1C1CCCC1. The van der Waals surface area contributed by atoms with Crippen molar-refractivity contribution in [2.24, 2.45) is 0 Å². The molecule has 1 atom stereocenters. The van der Waals surface area contributed by atoms with E-state index in [9.17, 15) is 0 Å². The van der Waals surface area contributed by atoms with E-state index >= 15 is 0 Å². The van der Waals surface area contributed by atoms with Crippen LogP contribution in [0.1, 0.15) is 61.9 Å². The van der Waals surface area contributed by atoms with E-state index in [1.54, 1.807) is 0 Å². The Morgan fingerprint density at radius 3 is 2.69 bits per heavy atom. The third kappa shape index (κ3) is 2.01. The highest BCUT2D eigenvalue weighted by Gasteiger charge is 2.24. The smallest absolute Gasteiger partial charge is 0.198 e. The normalized spacial score (nSPS) is 27.4. The number of hydrogen-bond acceptors (Lipinski definition) is 3. The third-order valence-corrected chi connectivity index (χ3v) is 3.96. The van der Waals surface area contributed by atoms with Gasteiger partial charge in [-0.2, -0.15) is 0 Å². The molecule has 16 heavy (non-hydrogen) atoms. The Morgan fingerprint density at radius 2 is 1.94 bits per heavy atom. The zero-order valence-electron chi connectivity index (χ0n) is 9.74. The van der Waals surface area contributed by atoms with E-state index in [1.165, 1.54) is 44.2 Å². The first-order valence-corrected chi connectivity index (χ1v) is 6.59. The zero-order valence-corrected chi connectivity index (χ0v) is 9.74. The standard InChI is InChI=1S/C13H20N2O/c1-2-5-10(4-1)12-9-16-13(15-12)11-6-3-7-14-8-11/h9-11,14H,1-8H2. The van der Waals surface area contributed by atoms with Crippen molar-refractivity contribution in [1.82, 2.24) is 10.3 Å². The molecule has 2 aliphatic rings. The predicted octanol–water partition coefficient (Wildman–Crippen LogP) is 2.80. The van der Waals surface area contributed by atoms with Crippen LogP contribution < -0.4 is 5.32 Å². The van der Waals surface area contributed by atoms with Crippen LogP contribution in [0.4, 0.5) is 0 Å². The van der Waals surface area contributed by atoms with Gasteiger partial charge < -0.3 is 9.73 Å². The second-order valence-corrected chi connectivity index (χ2v) is 5.14. The van der Waals surface area contributed by atoms with Gasteiger partial charge in [-0.05, 0) is 32.2 Å². The van der Waals surface area contributed by atoms with Crippen molar-refractivity contribution in [2.45, 2.75) is 50.4 Å². The highest BCUT2D eigenvalue weighted by Crippen LogP contribution is 2.34. The van der Waals surface area contributed by atoms with Gasteiger partial charge in [-0.1, -0.05) is 12.8 Å². The number of hydrogen-bond donors (Lipinski definition) is 1. The van der Waals surface area contributed by atoms with Gasteiger partial charge >= 0.3 is 0 Å². The molecule has 1 saturated carbocycles. The van der Waals surface area contributed by atoms with Crippen molar-refractivity contribution < 1.29 is 4.42 Å². The lowest BCUT2D eigenvalue weighted by molar-refractivity contribution is 0.376. The van der Waals surface area contributed by atoms with Gasteiger partial charge in [0, 0.05) is 18.4 Å². The molecule has 1 aromatic heterocycles. The number of aromatic nitrogens is 1. The summed E-state index contributed by atoms with van der Waals surface area (Å²) in [6, 6.07) is 0. The summed E-state index contributed by atoms with van der Waals surface area (Å²) in [4.78, 5) is 4.71. The van der Waals surface area contributed by atoms with E-state index < -0.39 is 0 Å². The van der Waals surface area contributed by atoms with E-state index in [-0.39, 0.29) is 0 Å². The quantitative estimate of drug-likeness (QED) is 0.832.